The summed E-state index contributed by atoms with van der Waals surface area (Å²) in [6, 6.07) is 65.4. The molecule has 0 radical (unpaired) electrons. The summed E-state index contributed by atoms with van der Waals surface area (Å²) in [6.07, 6.45) is 0. The number of thiophene rings is 1. The Morgan fingerprint density at radius 2 is 0.962 bits per heavy atom. The highest BCUT2D eigenvalue weighted by Crippen LogP contribution is 2.52. The molecule has 3 aliphatic rings. The van der Waals surface area contributed by atoms with Crippen LogP contribution in [-0.4, -0.2) is 6.85 Å². The van der Waals surface area contributed by atoms with Gasteiger partial charge in [-0.1, -0.05) is 115 Å². The van der Waals surface area contributed by atoms with Crippen molar-refractivity contribution in [2.24, 2.45) is 0 Å². The molecule has 9 aromatic rings. The van der Waals surface area contributed by atoms with Gasteiger partial charge in [0.1, 0.15) is 0 Å². The number of fused-ring (bicyclic) bond motifs is 9. The van der Waals surface area contributed by atoms with Crippen LogP contribution in [0.5, 0.6) is 0 Å². The van der Waals surface area contributed by atoms with E-state index in [0.29, 0.717) is 0 Å². The van der Waals surface area contributed by atoms with Crippen molar-refractivity contribution in [2.75, 3.05) is 9.71 Å². The third kappa shape index (κ3) is 3.85. The van der Waals surface area contributed by atoms with E-state index in [-0.39, 0.29) is 6.85 Å². The molecule has 3 aliphatic heterocycles. The highest BCUT2D eigenvalue weighted by molar-refractivity contribution is 7.25. The fourth-order valence-electron chi connectivity index (χ4n) is 9.17. The van der Waals surface area contributed by atoms with Crippen LogP contribution in [0.1, 0.15) is 0 Å². The molecular weight excluding hydrogens is 647 g/mol. The van der Waals surface area contributed by atoms with E-state index >= 15 is 0 Å². The molecule has 0 amide bonds. The zero-order valence-electron chi connectivity index (χ0n) is 28.1. The van der Waals surface area contributed by atoms with Crippen LogP contribution in [0.25, 0.3) is 64.7 Å². The Hall–Kier alpha value is -6.36. The van der Waals surface area contributed by atoms with Gasteiger partial charge in [-0.05, 0) is 105 Å². The van der Waals surface area contributed by atoms with Crippen LogP contribution < -0.4 is 20.6 Å². The minimum atomic E-state index is 0.0627. The van der Waals surface area contributed by atoms with Crippen molar-refractivity contribution in [3.8, 4) is 44.5 Å². The van der Waals surface area contributed by atoms with Crippen molar-refractivity contribution in [1.82, 2.24) is 0 Å². The quantitative estimate of drug-likeness (QED) is 0.172. The molecule has 12 rings (SSSR count). The third-order valence-electron chi connectivity index (χ3n) is 11.4. The maximum atomic E-state index is 2.62. The Morgan fingerprint density at radius 3 is 1.83 bits per heavy atom. The summed E-state index contributed by atoms with van der Waals surface area (Å²) in [5, 5.41) is 2.66. The first-order valence-corrected chi connectivity index (χ1v) is 18.8. The van der Waals surface area contributed by atoms with Crippen molar-refractivity contribution < 1.29 is 0 Å². The van der Waals surface area contributed by atoms with Gasteiger partial charge in [0.2, 0.25) is 0 Å². The second-order valence-corrected chi connectivity index (χ2v) is 15.1. The topological polar surface area (TPSA) is 6.48 Å². The molecule has 0 atom stereocenters. The molecule has 4 heteroatoms. The number of nitrogens with zero attached hydrogens (tertiary/aromatic N) is 2. The summed E-state index contributed by atoms with van der Waals surface area (Å²) in [7, 11) is 0. The lowest BCUT2D eigenvalue weighted by Crippen LogP contribution is -2.63. The maximum absolute atomic E-state index is 2.62. The summed E-state index contributed by atoms with van der Waals surface area (Å²) in [4.78, 5) is 5.14. The molecule has 0 saturated carbocycles. The van der Waals surface area contributed by atoms with Crippen molar-refractivity contribution in [3.05, 3.63) is 176 Å². The monoisotopic (exact) mass is 676 g/mol. The van der Waals surface area contributed by atoms with Crippen LogP contribution in [0.15, 0.2) is 176 Å². The van der Waals surface area contributed by atoms with E-state index in [2.05, 4.69) is 186 Å². The Morgan fingerprint density at radius 1 is 0.365 bits per heavy atom. The predicted molar refractivity (Wildman–Crippen MR) is 223 cm³/mol. The normalized spacial score (nSPS) is 13.3. The van der Waals surface area contributed by atoms with Crippen molar-refractivity contribution in [2.45, 2.75) is 0 Å². The first kappa shape index (κ1) is 28.4. The molecule has 0 fully saturated rings. The Bertz CT molecular complexity index is 2950. The van der Waals surface area contributed by atoms with Gasteiger partial charge in [0.25, 0.3) is 0 Å². The summed E-state index contributed by atoms with van der Waals surface area (Å²) in [5.41, 5.74) is 19.0. The molecule has 1 aromatic heterocycles. The SMILES string of the molecule is c1ccc(-c2cccc(N3c4cccc5c4B4c6c(cccc63)-c3cc(-c6ccc7sc8ccccc8c7c6)ccc3N4c3ccccc3-5)c2)cc1. The minimum Gasteiger partial charge on any atom is -0.376 e. The molecule has 0 bridgehead atoms. The summed E-state index contributed by atoms with van der Waals surface area (Å²) in [5.74, 6) is 0. The predicted octanol–water partition coefficient (Wildman–Crippen LogP) is 12.1. The van der Waals surface area contributed by atoms with Crippen LogP contribution in [0.3, 0.4) is 0 Å². The molecule has 0 aliphatic carbocycles. The summed E-state index contributed by atoms with van der Waals surface area (Å²) in [6.45, 7) is 0.0627. The summed E-state index contributed by atoms with van der Waals surface area (Å²) >= 11 is 1.87. The molecule has 240 valence electrons. The molecule has 52 heavy (non-hydrogen) atoms. The third-order valence-corrected chi connectivity index (χ3v) is 12.5. The molecule has 8 aromatic carbocycles. The minimum absolute atomic E-state index is 0.0627. The lowest BCUT2D eigenvalue weighted by molar-refractivity contribution is 1.26. The number of hydrogen-bond acceptors (Lipinski definition) is 3. The fraction of sp³-hybridized carbons (Fsp3) is 0. The Labute approximate surface area is 306 Å². The zero-order valence-corrected chi connectivity index (χ0v) is 28.9. The van der Waals surface area contributed by atoms with E-state index in [0.717, 1.165) is 0 Å². The molecule has 0 saturated heterocycles. The van der Waals surface area contributed by atoms with E-state index in [9.17, 15) is 0 Å². The number of benzene rings is 8. The Kier molecular flexibility index (Phi) is 5.77. The first-order chi connectivity index (χ1) is 25.8. The second-order valence-electron chi connectivity index (χ2n) is 14.1. The van der Waals surface area contributed by atoms with Gasteiger partial charge in [0, 0.05) is 59.7 Å². The molecular formula is C48H29BN2S. The Balaban J connectivity index is 1.12. The summed E-state index contributed by atoms with van der Waals surface area (Å²) < 4.78 is 2.67. The van der Waals surface area contributed by atoms with E-state index in [1.165, 1.54) is 104 Å². The van der Waals surface area contributed by atoms with Crippen molar-refractivity contribution in [1.29, 1.82) is 0 Å². The average molecular weight is 677 g/mol. The van der Waals surface area contributed by atoms with Crippen LogP contribution in [0.2, 0.25) is 0 Å². The number of para-hydroxylation sites is 1. The number of anilines is 5. The van der Waals surface area contributed by atoms with Crippen LogP contribution in [0, 0.1) is 0 Å². The number of rotatable bonds is 3. The fourth-order valence-corrected chi connectivity index (χ4v) is 10.3. The highest BCUT2D eigenvalue weighted by Gasteiger charge is 2.48. The van der Waals surface area contributed by atoms with Gasteiger partial charge in [-0.15, -0.1) is 11.3 Å². The zero-order chi connectivity index (χ0) is 33.9. The van der Waals surface area contributed by atoms with E-state index in [4.69, 9.17) is 0 Å². The number of hydrogen-bond donors (Lipinski definition) is 0. The lowest BCUT2D eigenvalue weighted by atomic mass is 9.41. The van der Waals surface area contributed by atoms with E-state index < -0.39 is 0 Å². The average Bonchev–Trinajstić information content (AvgIpc) is 3.59. The van der Waals surface area contributed by atoms with Gasteiger partial charge in [0.15, 0.2) is 0 Å². The highest BCUT2D eigenvalue weighted by atomic mass is 32.1. The van der Waals surface area contributed by atoms with E-state index in [1.807, 2.05) is 11.3 Å². The van der Waals surface area contributed by atoms with Crippen LogP contribution in [0.4, 0.5) is 28.4 Å². The molecule has 0 spiro atoms. The van der Waals surface area contributed by atoms with Crippen LogP contribution >= 0.6 is 11.3 Å². The van der Waals surface area contributed by atoms with Gasteiger partial charge in [-0.2, -0.15) is 0 Å². The van der Waals surface area contributed by atoms with Crippen molar-refractivity contribution in [3.63, 3.8) is 0 Å². The van der Waals surface area contributed by atoms with Gasteiger partial charge in [-0.3, -0.25) is 0 Å². The van der Waals surface area contributed by atoms with Gasteiger partial charge in [-0.25, -0.2) is 0 Å². The van der Waals surface area contributed by atoms with Gasteiger partial charge < -0.3 is 9.71 Å². The lowest BCUT2D eigenvalue weighted by Gasteiger charge is -2.49. The first-order valence-electron chi connectivity index (χ1n) is 18.0. The molecule has 0 N–H and O–H groups in total. The molecule has 0 unspecified atom stereocenters. The van der Waals surface area contributed by atoms with Crippen molar-refractivity contribution >= 4 is 77.7 Å². The van der Waals surface area contributed by atoms with E-state index in [1.54, 1.807) is 0 Å². The maximum Gasteiger partial charge on any atom is 0.333 e. The van der Waals surface area contributed by atoms with Gasteiger partial charge in [0.05, 0.1) is 0 Å². The van der Waals surface area contributed by atoms with Crippen LogP contribution in [-0.2, 0) is 0 Å². The molecule has 4 heterocycles. The standard InChI is InChI=1S/C48H29BN2S/c1-2-11-30(12-3-1)31-13-8-14-34(27-31)50-43-20-9-17-37-35-15-4-6-19-41(35)51-42-25-23-32(28-39(42)38-18-10-21-44(50)48(38)49(51)47(37)43)33-24-26-46-40(29-33)36-16-5-7-22-45(36)52-46/h1-29H. The second kappa shape index (κ2) is 10.6. The molecule has 2 nitrogen and oxygen atoms in total. The smallest absolute Gasteiger partial charge is 0.333 e. The largest absolute Gasteiger partial charge is 0.376 e. The van der Waals surface area contributed by atoms with Gasteiger partial charge >= 0.3 is 6.85 Å².